The number of hydrogen-bond acceptors (Lipinski definition) is 4. The van der Waals surface area contributed by atoms with Gasteiger partial charge in [-0.05, 0) is 25.5 Å². The number of nitrogens with zero attached hydrogens (tertiary/aromatic N) is 1. The van der Waals surface area contributed by atoms with Crippen LogP contribution in [-0.2, 0) is 9.53 Å². The van der Waals surface area contributed by atoms with E-state index in [9.17, 15) is 4.79 Å². The molecule has 0 atom stereocenters. The summed E-state index contributed by atoms with van der Waals surface area (Å²) in [4.78, 5) is 15.9. The molecule has 23 heavy (non-hydrogen) atoms. The fraction of sp³-hybridized carbons (Fsp3) is 0.222. The van der Waals surface area contributed by atoms with Crippen molar-refractivity contribution in [1.29, 1.82) is 0 Å². The Kier molecular flexibility index (Phi) is 5.77. The number of aryl methyl sites for hydroxylation is 1. The lowest BCUT2D eigenvalue weighted by atomic mass is 10.1. The van der Waals surface area contributed by atoms with Crippen molar-refractivity contribution in [3.05, 3.63) is 59.3 Å². The Bertz CT molecular complexity index is 714. The summed E-state index contributed by atoms with van der Waals surface area (Å²) in [6, 6.07) is 11.6. The van der Waals surface area contributed by atoms with E-state index in [2.05, 4.69) is 11.6 Å². The number of benzene rings is 1. The maximum atomic E-state index is 11.5. The highest BCUT2D eigenvalue weighted by Gasteiger charge is 2.13. The minimum atomic E-state index is -0.478. The molecule has 120 valence electrons. The predicted molar refractivity (Wildman–Crippen MR) is 90.7 cm³/mol. The van der Waals surface area contributed by atoms with Gasteiger partial charge in [-0.2, -0.15) is 0 Å². The summed E-state index contributed by atoms with van der Waals surface area (Å²) in [6.45, 7) is 7.61. The largest absolute Gasteiger partial charge is 0.485 e. The van der Waals surface area contributed by atoms with Crippen LogP contribution in [0, 0.1) is 6.92 Å². The van der Waals surface area contributed by atoms with Crippen molar-refractivity contribution < 1.29 is 14.3 Å². The molecule has 0 aliphatic heterocycles. The number of esters is 1. The topological polar surface area (TPSA) is 48.4 Å². The van der Waals surface area contributed by atoms with E-state index < -0.39 is 5.97 Å². The van der Waals surface area contributed by atoms with Gasteiger partial charge in [0.05, 0.1) is 17.9 Å². The Morgan fingerprint density at radius 2 is 2.00 bits per heavy atom. The van der Waals surface area contributed by atoms with Crippen LogP contribution in [0.2, 0.25) is 5.15 Å². The van der Waals surface area contributed by atoms with E-state index in [1.54, 1.807) is 13.0 Å². The summed E-state index contributed by atoms with van der Waals surface area (Å²) in [5.41, 5.74) is 2.94. The van der Waals surface area contributed by atoms with Crippen LogP contribution in [0.1, 0.15) is 12.5 Å². The highest BCUT2D eigenvalue weighted by molar-refractivity contribution is 6.31. The Balaban J connectivity index is 2.15. The number of carbonyl (C=O) groups excluding carboxylic acids is 1. The van der Waals surface area contributed by atoms with Crippen molar-refractivity contribution in [2.75, 3.05) is 13.2 Å². The molecule has 1 heterocycles. The standard InChI is InChI=1S/C18H18ClNO3/c1-4-22-18(21)13(3)11-23-15-10-12(2)16(20-17(15)19)14-8-6-5-7-9-14/h5-10H,3-4,11H2,1-2H3. The maximum absolute atomic E-state index is 11.5. The van der Waals surface area contributed by atoms with Crippen LogP contribution in [-0.4, -0.2) is 24.2 Å². The van der Waals surface area contributed by atoms with Gasteiger partial charge in [-0.15, -0.1) is 0 Å². The van der Waals surface area contributed by atoms with Gasteiger partial charge in [0.25, 0.3) is 0 Å². The quantitative estimate of drug-likeness (QED) is 0.452. The zero-order valence-electron chi connectivity index (χ0n) is 13.1. The second kappa shape index (κ2) is 7.79. The van der Waals surface area contributed by atoms with E-state index in [0.29, 0.717) is 12.4 Å². The lowest BCUT2D eigenvalue weighted by molar-refractivity contribution is -0.138. The van der Waals surface area contributed by atoms with Crippen molar-refractivity contribution in [3.8, 4) is 17.0 Å². The molecule has 0 aliphatic rings. The molecule has 1 aromatic heterocycles. The molecule has 2 rings (SSSR count). The Morgan fingerprint density at radius 3 is 2.65 bits per heavy atom. The van der Waals surface area contributed by atoms with Crippen molar-refractivity contribution >= 4 is 17.6 Å². The van der Waals surface area contributed by atoms with Crippen molar-refractivity contribution in [2.45, 2.75) is 13.8 Å². The van der Waals surface area contributed by atoms with E-state index in [0.717, 1.165) is 16.8 Å². The zero-order valence-corrected chi connectivity index (χ0v) is 13.9. The predicted octanol–water partition coefficient (Wildman–Crippen LogP) is 4.21. The Labute approximate surface area is 140 Å². The normalized spacial score (nSPS) is 10.2. The summed E-state index contributed by atoms with van der Waals surface area (Å²) in [6.07, 6.45) is 0. The third-order valence-corrected chi connectivity index (χ3v) is 3.42. The van der Waals surface area contributed by atoms with Gasteiger partial charge in [0.15, 0.2) is 10.9 Å². The number of aromatic nitrogens is 1. The molecule has 0 fully saturated rings. The van der Waals surface area contributed by atoms with E-state index in [4.69, 9.17) is 21.1 Å². The summed E-state index contributed by atoms with van der Waals surface area (Å²) < 4.78 is 10.4. The summed E-state index contributed by atoms with van der Waals surface area (Å²) in [7, 11) is 0. The number of rotatable bonds is 6. The van der Waals surface area contributed by atoms with Gasteiger partial charge in [-0.1, -0.05) is 48.5 Å². The average molecular weight is 332 g/mol. The molecule has 4 nitrogen and oxygen atoms in total. The molecule has 0 N–H and O–H groups in total. The summed E-state index contributed by atoms with van der Waals surface area (Å²) in [5.74, 6) is -0.0662. The average Bonchev–Trinajstić information content (AvgIpc) is 2.56. The second-order valence-corrected chi connectivity index (χ2v) is 5.28. The number of ether oxygens (including phenoxy) is 2. The van der Waals surface area contributed by atoms with Gasteiger partial charge in [0.1, 0.15) is 6.61 Å². The monoisotopic (exact) mass is 331 g/mol. The number of pyridine rings is 1. The molecule has 0 saturated carbocycles. The molecule has 2 aromatic rings. The number of hydrogen-bond donors (Lipinski definition) is 0. The molecule has 0 bridgehead atoms. The molecule has 0 unspecified atom stereocenters. The highest BCUT2D eigenvalue weighted by Crippen LogP contribution is 2.30. The van der Waals surface area contributed by atoms with Crippen LogP contribution in [0.15, 0.2) is 48.6 Å². The minimum absolute atomic E-state index is 0.00432. The summed E-state index contributed by atoms with van der Waals surface area (Å²) >= 11 is 6.19. The fourth-order valence-corrected chi connectivity index (χ4v) is 2.21. The van der Waals surface area contributed by atoms with E-state index in [-0.39, 0.29) is 17.3 Å². The molecule has 1 aromatic carbocycles. The molecule has 0 spiro atoms. The van der Waals surface area contributed by atoms with E-state index in [1.807, 2.05) is 37.3 Å². The van der Waals surface area contributed by atoms with Crippen LogP contribution >= 0.6 is 11.6 Å². The third-order valence-electron chi connectivity index (χ3n) is 3.15. The zero-order chi connectivity index (χ0) is 16.8. The second-order valence-electron chi connectivity index (χ2n) is 4.92. The first-order valence-electron chi connectivity index (χ1n) is 7.23. The number of halogens is 1. The minimum Gasteiger partial charge on any atom is -0.485 e. The van der Waals surface area contributed by atoms with Gasteiger partial charge < -0.3 is 9.47 Å². The lowest BCUT2D eigenvalue weighted by Crippen LogP contribution is -2.13. The highest BCUT2D eigenvalue weighted by atomic mass is 35.5. The lowest BCUT2D eigenvalue weighted by Gasteiger charge is -2.12. The van der Waals surface area contributed by atoms with Gasteiger partial charge in [-0.25, -0.2) is 9.78 Å². The molecule has 0 amide bonds. The molecule has 0 saturated heterocycles. The molecule has 0 aliphatic carbocycles. The van der Waals surface area contributed by atoms with Gasteiger partial charge >= 0.3 is 5.97 Å². The van der Waals surface area contributed by atoms with Crippen LogP contribution in [0.3, 0.4) is 0 Å². The smallest absolute Gasteiger partial charge is 0.336 e. The Morgan fingerprint density at radius 1 is 1.30 bits per heavy atom. The first-order valence-corrected chi connectivity index (χ1v) is 7.61. The van der Waals surface area contributed by atoms with Crippen molar-refractivity contribution in [2.24, 2.45) is 0 Å². The van der Waals surface area contributed by atoms with Gasteiger partial charge in [0, 0.05) is 5.56 Å². The number of carbonyl (C=O) groups is 1. The van der Waals surface area contributed by atoms with E-state index in [1.165, 1.54) is 0 Å². The third kappa shape index (κ3) is 4.33. The maximum Gasteiger partial charge on any atom is 0.336 e. The van der Waals surface area contributed by atoms with Crippen LogP contribution in [0.4, 0.5) is 0 Å². The fourth-order valence-electron chi connectivity index (χ4n) is 2.01. The van der Waals surface area contributed by atoms with Crippen molar-refractivity contribution in [3.63, 3.8) is 0 Å². The SMILES string of the molecule is C=C(COc1cc(C)c(-c2ccccc2)nc1Cl)C(=O)OCC. The van der Waals surface area contributed by atoms with Crippen LogP contribution < -0.4 is 4.74 Å². The van der Waals surface area contributed by atoms with Crippen LogP contribution in [0.5, 0.6) is 5.75 Å². The molecular formula is C18H18ClNO3. The molecular weight excluding hydrogens is 314 g/mol. The first-order chi connectivity index (χ1) is 11.0. The summed E-state index contributed by atoms with van der Waals surface area (Å²) in [5, 5.41) is 0.242. The van der Waals surface area contributed by atoms with Crippen molar-refractivity contribution in [1.82, 2.24) is 4.98 Å². The van der Waals surface area contributed by atoms with E-state index >= 15 is 0 Å². The van der Waals surface area contributed by atoms with Gasteiger partial charge in [-0.3, -0.25) is 0 Å². The molecule has 0 radical (unpaired) electrons. The Hall–Kier alpha value is -2.33. The van der Waals surface area contributed by atoms with Crippen LogP contribution in [0.25, 0.3) is 11.3 Å². The van der Waals surface area contributed by atoms with Gasteiger partial charge in [0.2, 0.25) is 0 Å². The molecule has 5 heteroatoms. The first kappa shape index (κ1) is 17.0.